The molecule has 0 bridgehead atoms. The Kier molecular flexibility index (Phi) is 6.18. The number of amides is 2. The van der Waals surface area contributed by atoms with E-state index in [1.165, 1.54) is 0 Å². The number of benzene rings is 2. The molecule has 0 spiro atoms. The fourth-order valence-corrected chi connectivity index (χ4v) is 5.17. The van der Waals surface area contributed by atoms with Crippen LogP contribution in [-0.4, -0.2) is 49.8 Å². The second-order valence-electron chi connectivity index (χ2n) is 7.40. The maximum atomic E-state index is 13.1. The van der Waals surface area contributed by atoms with E-state index < -0.39 is 0 Å². The average Bonchev–Trinajstić information content (AvgIpc) is 3.27. The van der Waals surface area contributed by atoms with Gasteiger partial charge in [0.25, 0.3) is 0 Å². The van der Waals surface area contributed by atoms with Crippen LogP contribution in [0.4, 0.5) is 5.69 Å². The molecule has 0 radical (unpaired) electrons. The quantitative estimate of drug-likeness (QED) is 0.701. The van der Waals surface area contributed by atoms with Gasteiger partial charge in [0.05, 0.1) is 31.7 Å². The van der Waals surface area contributed by atoms with Crippen molar-refractivity contribution < 1.29 is 19.1 Å². The number of anilines is 1. The molecule has 1 atom stereocenters. The number of ether oxygens (including phenoxy) is 2. The molecule has 1 saturated heterocycles. The van der Waals surface area contributed by atoms with Crippen LogP contribution in [0.3, 0.4) is 0 Å². The van der Waals surface area contributed by atoms with E-state index >= 15 is 0 Å². The molecule has 2 amide bonds. The Labute approximate surface area is 181 Å². The zero-order valence-corrected chi connectivity index (χ0v) is 18.1. The third kappa shape index (κ3) is 3.99. The Bertz CT molecular complexity index is 949. The highest BCUT2D eigenvalue weighted by molar-refractivity contribution is 8.00. The predicted octanol–water partition coefficient (Wildman–Crippen LogP) is 3.90. The maximum Gasteiger partial charge on any atom is 0.237 e. The standard InChI is InChI=1S/C23H26N2O4S/c1-28-16-9-10-17(20(14-16)29-2)18-7-5-12-24(18)22(26)11-13-25-19-6-3-4-8-21(19)30-15-23(25)27/h3-4,6,8-10,14,18H,5,7,11-13,15H2,1-2H3. The topological polar surface area (TPSA) is 59.1 Å². The maximum absolute atomic E-state index is 13.1. The van der Waals surface area contributed by atoms with E-state index in [1.807, 2.05) is 47.4 Å². The van der Waals surface area contributed by atoms with Crippen molar-refractivity contribution in [2.75, 3.05) is 38.0 Å². The van der Waals surface area contributed by atoms with Gasteiger partial charge in [0, 0.05) is 36.0 Å². The van der Waals surface area contributed by atoms with Gasteiger partial charge in [-0.3, -0.25) is 9.59 Å². The van der Waals surface area contributed by atoms with Gasteiger partial charge in [-0.15, -0.1) is 11.8 Å². The number of methoxy groups -OCH3 is 2. The van der Waals surface area contributed by atoms with Gasteiger partial charge in [-0.05, 0) is 37.1 Å². The third-order valence-electron chi connectivity index (χ3n) is 5.73. The largest absolute Gasteiger partial charge is 0.497 e. The smallest absolute Gasteiger partial charge is 0.237 e. The molecule has 0 aliphatic carbocycles. The highest BCUT2D eigenvalue weighted by Gasteiger charge is 2.33. The van der Waals surface area contributed by atoms with Crippen LogP contribution in [0.5, 0.6) is 11.5 Å². The minimum Gasteiger partial charge on any atom is -0.497 e. The Morgan fingerprint density at radius 3 is 2.80 bits per heavy atom. The number of thioether (sulfide) groups is 1. The van der Waals surface area contributed by atoms with Gasteiger partial charge >= 0.3 is 0 Å². The monoisotopic (exact) mass is 426 g/mol. The number of carbonyl (C=O) groups is 2. The van der Waals surface area contributed by atoms with Crippen LogP contribution in [0.15, 0.2) is 47.4 Å². The molecular formula is C23H26N2O4S. The molecule has 30 heavy (non-hydrogen) atoms. The molecule has 7 heteroatoms. The molecule has 0 N–H and O–H groups in total. The lowest BCUT2D eigenvalue weighted by Crippen LogP contribution is -2.39. The summed E-state index contributed by atoms with van der Waals surface area (Å²) in [7, 11) is 3.26. The van der Waals surface area contributed by atoms with Crippen LogP contribution in [0, 0.1) is 0 Å². The highest BCUT2D eigenvalue weighted by Crippen LogP contribution is 2.39. The molecule has 2 aromatic carbocycles. The molecule has 2 aliphatic heterocycles. The van der Waals surface area contributed by atoms with Crippen molar-refractivity contribution in [1.29, 1.82) is 0 Å². The normalized spacial score (nSPS) is 18.3. The minimum absolute atomic E-state index is 0.0155. The summed E-state index contributed by atoms with van der Waals surface area (Å²) in [5.41, 5.74) is 1.90. The number of rotatable bonds is 6. The predicted molar refractivity (Wildman–Crippen MR) is 117 cm³/mol. The molecule has 2 aromatic rings. The number of hydrogen-bond donors (Lipinski definition) is 0. The van der Waals surface area contributed by atoms with Crippen LogP contribution < -0.4 is 14.4 Å². The number of carbonyl (C=O) groups excluding carboxylic acids is 2. The first-order valence-corrected chi connectivity index (χ1v) is 11.1. The molecule has 0 aromatic heterocycles. The summed E-state index contributed by atoms with van der Waals surface area (Å²) in [5, 5.41) is 0. The number of hydrogen-bond acceptors (Lipinski definition) is 5. The number of likely N-dealkylation sites (tertiary alicyclic amines) is 1. The molecular weight excluding hydrogens is 400 g/mol. The van der Waals surface area contributed by atoms with Crippen molar-refractivity contribution in [1.82, 2.24) is 4.90 Å². The molecule has 1 unspecified atom stereocenters. The summed E-state index contributed by atoms with van der Waals surface area (Å²) in [6.45, 7) is 1.12. The van der Waals surface area contributed by atoms with E-state index in [2.05, 4.69) is 0 Å². The van der Waals surface area contributed by atoms with Crippen molar-refractivity contribution in [3.8, 4) is 11.5 Å². The first-order valence-electron chi connectivity index (χ1n) is 10.2. The summed E-state index contributed by atoms with van der Waals surface area (Å²) in [6.07, 6.45) is 2.16. The lowest BCUT2D eigenvalue weighted by molar-refractivity contribution is -0.132. The van der Waals surface area contributed by atoms with Crippen molar-refractivity contribution >= 4 is 29.3 Å². The molecule has 1 fully saturated rings. The fraction of sp³-hybridized carbons (Fsp3) is 0.391. The van der Waals surface area contributed by atoms with Gasteiger partial charge in [-0.2, -0.15) is 0 Å². The average molecular weight is 427 g/mol. The van der Waals surface area contributed by atoms with Gasteiger partial charge in [-0.25, -0.2) is 0 Å². The van der Waals surface area contributed by atoms with Gasteiger partial charge in [0.1, 0.15) is 11.5 Å². The molecule has 2 heterocycles. The zero-order chi connectivity index (χ0) is 21.1. The first-order chi connectivity index (χ1) is 14.6. The molecule has 158 valence electrons. The van der Waals surface area contributed by atoms with E-state index in [9.17, 15) is 9.59 Å². The summed E-state index contributed by atoms with van der Waals surface area (Å²) in [4.78, 5) is 30.4. The Hall–Kier alpha value is -2.67. The van der Waals surface area contributed by atoms with Crippen LogP contribution in [0.2, 0.25) is 0 Å². The van der Waals surface area contributed by atoms with Gasteiger partial charge in [0.2, 0.25) is 11.8 Å². The van der Waals surface area contributed by atoms with E-state index in [1.54, 1.807) is 30.9 Å². The Morgan fingerprint density at radius 1 is 1.17 bits per heavy atom. The molecule has 6 nitrogen and oxygen atoms in total. The van der Waals surface area contributed by atoms with E-state index in [-0.39, 0.29) is 17.9 Å². The Morgan fingerprint density at radius 2 is 2.00 bits per heavy atom. The van der Waals surface area contributed by atoms with Crippen LogP contribution in [0.1, 0.15) is 30.9 Å². The van der Waals surface area contributed by atoms with Crippen LogP contribution in [-0.2, 0) is 9.59 Å². The van der Waals surface area contributed by atoms with Crippen molar-refractivity contribution in [3.63, 3.8) is 0 Å². The highest BCUT2D eigenvalue weighted by atomic mass is 32.2. The lowest BCUT2D eigenvalue weighted by Gasteiger charge is -2.30. The lowest BCUT2D eigenvalue weighted by atomic mass is 10.0. The summed E-state index contributed by atoms with van der Waals surface area (Å²) in [5.74, 6) is 2.00. The molecule has 2 aliphatic rings. The van der Waals surface area contributed by atoms with E-state index in [0.717, 1.165) is 47.0 Å². The number of nitrogens with zero attached hydrogens (tertiary/aromatic N) is 2. The summed E-state index contributed by atoms with van der Waals surface area (Å²) in [6, 6.07) is 13.6. The minimum atomic E-state index is -0.0155. The SMILES string of the molecule is COc1ccc(C2CCCN2C(=O)CCN2C(=O)CSc3ccccc32)c(OC)c1. The van der Waals surface area contributed by atoms with Crippen molar-refractivity contribution in [2.24, 2.45) is 0 Å². The number of para-hydroxylation sites is 1. The Balaban J connectivity index is 1.48. The van der Waals surface area contributed by atoms with Gasteiger partial charge in [-0.1, -0.05) is 12.1 Å². The van der Waals surface area contributed by atoms with Gasteiger partial charge < -0.3 is 19.3 Å². The zero-order valence-electron chi connectivity index (χ0n) is 17.3. The summed E-state index contributed by atoms with van der Waals surface area (Å²) < 4.78 is 10.9. The van der Waals surface area contributed by atoms with Crippen molar-refractivity contribution in [3.05, 3.63) is 48.0 Å². The van der Waals surface area contributed by atoms with Gasteiger partial charge in [0.15, 0.2) is 0 Å². The second-order valence-corrected chi connectivity index (χ2v) is 8.42. The van der Waals surface area contributed by atoms with Crippen LogP contribution in [0.25, 0.3) is 0 Å². The third-order valence-corrected chi connectivity index (χ3v) is 6.78. The first kappa shape index (κ1) is 20.6. The van der Waals surface area contributed by atoms with Crippen molar-refractivity contribution in [2.45, 2.75) is 30.2 Å². The van der Waals surface area contributed by atoms with Crippen LogP contribution >= 0.6 is 11.8 Å². The summed E-state index contributed by atoms with van der Waals surface area (Å²) >= 11 is 1.55. The van der Waals surface area contributed by atoms with E-state index in [4.69, 9.17) is 9.47 Å². The second kappa shape index (κ2) is 9.00. The molecule has 0 saturated carbocycles. The fourth-order valence-electron chi connectivity index (χ4n) is 4.23. The van der Waals surface area contributed by atoms with E-state index in [0.29, 0.717) is 18.7 Å². The molecule has 4 rings (SSSR count). The number of fused-ring (bicyclic) bond motifs is 1.